The maximum Gasteiger partial charge on any atom is 0.305 e. The van der Waals surface area contributed by atoms with Gasteiger partial charge in [0.1, 0.15) is 0 Å². The Hall–Kier alpha value is -1.06. The van der Waals surface area contributed by atoms with Gasteiger partial charge in [0, 0.05) is 12.8 Å². The van der Waals surface area contributed by atoms with Crippen molar-refractivity contribution in [1.29, 1.82) is 0 Å². The summed E-state index contributed by atoms with van der Waals surface area (Å²) in [6.45, 7) is 0. The SMILES string of the molecule is COC(=O)C[C@H]1CCCC[C@@H]1CC(=O)OC. The summed E-state index contributed by atoms with van der Waals surface area (Å²) < 4.78 is 9.35. The molecule has 1 fully saturated rings. The van der Waals surface area contributed by atoms with Crippen LogP contribution in [0.4, 0.5) is 0 Å². The van der Waals surface area contributed by atoms with Crippen LogP contribution in [0, 0.1) is 11.8 Å². The fourth-order valence-corrected chi connectivity index (χ4v) is 2.42. The van der Waals surface area contributed by atoms with Crippen LogP contribution < -0.4 is 0 Å². The maximum absolute atomic E-state index is 11.2. The predicted molar refractivity (Wildman–Crippen MR) is 58.7 cm³/mol. The lowest BCUT2D eigenvalue weighted by molar-refractivity contribution is -0.146. The highest BCUT2D eigenvalue weighted by molar-refractivity contribution is 5.71. The molecule has 0 unspecified atom stereocenters. The fourth-order valence-electron chi connectivity index (χ4n) is 2.42. The van der Waals surface area contributed by atoms with Gasteiger partial charge in [0.05, 0.1) is 14.2 Å². The molecule has 4 heteroatoms. The third-order valence-electron chi connectivity index (χ3n) is 3.38. The van der Waals surface area contributed by atoms with E-state index in [0.717, 1.165) is 25.7 Å². The third kappa shape index (κ3) is 3.83. The number of carbonyl (C=O) groups excluding carboxylic acids is 2. The number of esters is 2. The first kappa shape index (κ1) is 13.0. The molecule has 2 atom stereocenters. The Morgan fingerprint density at radius 3 is 1.62 bits per heavy atom. The van der Waals surface area contributed by atoms with Crippen LogP contribution in [0.3, 0.4) is 0 Å². The van der Waals surface area contributed by atoms with E-state index < -0.39 is 0 Å². The Balaban J connectivity index is 2.49. The highest BCUT2D eigenvalue weighted by atomic mass is 16.5. The van der Waals surface area contributed by atoms with Crippen LogP contribution >= 0.6 is 0 Å². The standard InChI is InChI=1S/C12H20O4/c1-15-11(13)7-9-5-3-4-6-10(9)8-12(14)16-2/h9-10H,3-8H2,1-2H3/t9-,10-/m1/s1. The summed E-state index contributed by atoms with van der Waals surface area (Å²) in [5.74, 6) is 0.198. The molecule has 0 aromatic heterocycles. The molecule has 1 saturated carbocycles. The number of hydrogen-bond donors (Lipinski definition) is 0. The van der Waals surface area contributed by atoms with Crippen molar-refractivity contribution in [2.24, 2.45) is 11.8 Å². The van der Waals surface area contributed by atoms with Gasteiger partial charge in [-0.1, -0.05) is 12.8 Å². The first-order valence-corrected chi connectivity index (χ1v) is 5.81. The minimum Gasteiger partial charge on any atom is -0.469 e. The molecule has 92 valence electrons. The predicted octanol–water partition coefficient (Wildman–Crippen LogP) is 1.92. The van der Waals surface area contributed by atoms with Gasteiger partial charge in [-0.3, -0.25) is 9.59 Å². The van der Waals surface area contributed by atoms with Crippen molar-refractivity contribution in [2.75, 3.05) is 14.2 Å². The molecule has 0 amide bonds. The Morgan fingerprint density at radius 1 is 0.938 bits per heavy atom. The van der Waals surface area contributed by atoms with Crippen LogP contribution in [-0.4, -0.2) is 26.2 Å². The second kappa shape index (κ2) is 6.51. The van der Waals surface area contributed by atoms with Gasteiger partial charge in [-0.05, 0) is 24.7 Å². The topological polar surface area (TPSA) is 52.6 Å². The number of ether oxygens (including phenoxy) is 2. The van der Waals surface area contributed by atoms with Crippen LogP contribution in [0.1, 0.15) is 38.5 Å². The molecule has 4 nitrogen and oxygen atoms in total. The summed E-state index contributed by atoms with van der Waals surface area (Å²) in [4.78, 5) is 22.5. The average molecular weight is 228 g/mol. The molecule has 0 aromatic rings. The lowest BCUT2D eigenvalue weighted by Crippen LogP contribution is -2.25. The molecule has 0 aromatic carbocycles. The van der Waals surface area contributed by atoms with Crippen molar-refractivity contribution in [3.05, 3.63) is 0 Å². The Kier molecular flexibility index (Phi) is 5.29. The molecule has 0 aliphatic heterocycles. The van der Waals surface area contributed by atoms with E-state index in [1.165, 1.54) is 14.2 Å². The first-order chi connectivity index (χ1) is 7.67. The molecular weight excluding hydrogens is 208 g/mol. The van der Waals surface area contributed by atoms with Crippen LogP contribution in [0.2, 0.25) is 0 Å². The Bertz CT molecular complexity index is 223. The Morgan fingerprint density at radius 2 is 1.31 bits per heavy atom. The second-order valence-corrected chi connectivity index (χ2v) is 4.37. The van der Waals surface area contributed by atoms with Crippen molar-refractivity contribution in [1.82, 2.24) is 0 Å². The van der Waals surface area contributed by atoms with E-state index in [1.54, 1.807) is 0 Å². The van der Waals surface area contributed by atoms with Crippen molar-refractivity contribution < 1.29 is 19.1 Å². The van der Waals surface area contributed by atoms with Gasteiger partial charge in [-0.2, -0.15) is 0 Å². The molecule has 0 saturated heterocycles. The lowest BCUT2D eigenvalue weighted by atomic mass is 9.76. The normalized spacial score (nSPS) is 24.9. The second-order valence-electron chi connectivity index (χ2n) is 4.37. The van der Waals surface area contributed by atoms with E-state index >= 15 is 0 Å². The summed E-state index contributed by atoms with van der Waals surface area (Å²) >= 11 is 0. The van der Waals surface area contributed by atoms with Crippen molar-refractivity contribution in [3.63, 3.8) is 0 Å². The molecule has 0 radical (unpaired) electrons. The zero-order chi connectivity index (χ0) is 12.0. The van der Waals surface area contributed by atoms with Crippen LogP contribution in [0.5, 0.6) is 0 Å². The molecule has 0 bridgehead atoms. The van der Waals surface area contributed by atoms with Gasteiger partial charge in [-0.15, -0.1) is 0 Å². The highest BCUT2D eigenvalue weighted by Gasteiger charge is 2.29. The van der Waals surface area contributed by atoms with E-state index in [0.29, 0.717) is 12.8 Å². The lowest BCUT2D eigenvalue weighted by Gasteiger charge is -2.30. The van der Waals surface area contributed by atoms with E-state index in [-0.39, 0.29) is 23.8 Å². The summed E-state index contributed by atoms with van der Waals surface area (Å²) in [7, 11) is 2.81. The van der Waals surface area contributed by atoms with E-state index in [2.05, 4.69) is 9.47 Å². The van der Waals surface area contributed by atoms with Gasteiger partial charge in [0.2, 0.25) is 0 Å². The minimum absolute atomic E-state index is 0.179. The van der Waals surface area contributed by atoms with E-state index in [1.807, 2.05) is 0 Å². The summed E-state index contributed by atoms with van der Waals surface area (Å²) in [5, 5.41) is 0. The zero-order valence-corrected chi connectivity index (χ0v) is 10.0. The molecule has 16 heavy (non-hydrogen) atoms. The molecule has 0 N–H and O–H groups in total. The van der Waals surface area contributed by atoms with Gasteiger partial charge < -0.3 is 9.47 Å². The smallest absolute Gasteiger partial charge is 0.305 e. The van der Waals surface area contributed by atoms with E-state index in [4.69, 9.17) is 0 Å². The zero-order valence-electron chi connectivity index (χ0n) is 10.0. The summed E-state index contributed by atoms with van der Waals surface area (Å²) in [6, 6.07) is 0. The minimum atomic E-state index is -0.179. The highest BCUT2D eigenvalue weighted by Crippen LogP contribution is 2.34. The van der Waals surface area contributed by atoms with Crippen LogP contribution in [0.15, 0.2) is 0 Å². The van der Waals surface area contributed by atoms with Crippen molar-refractivity contribution in [2.45, 2.75) is 38.5 Å². The molecular formula is C12H20O4. The van der Waals surface area contributed by atoms with E-state index in [9.17, 15) is 9.59 Å². The van der Waals surface area contributed by atoms with Gasteiger partial charge in [-0.25, -0.2) is 0 Å². The van der Waals surface area contributed by atoms with Gasteiger partial charge in [0.25, 0.3) is 0 Å². The van der Waals surface area contributed by atoms with Crippen molar-refractivity contribution >= 4 is 11.9 Å². The molecule has 0 heterocycles. The van der Waals surface area contributed by atoms with Gasteiger partial charge in [0.15, 0.2) is 0 Å². The first-order valence-electron chi connectivity index (χ1n) is 5.81. The monoisotopic (exact) mass is 228 g/mol. The molecule has 1 aliphatic carbocycles. The summed E-state index contributed by atoms with van der Waals surface area (Å²) in [5.41, 5.74) is 0. The van der Waals surface area contributed by atoms with Crippen LogP contribution in [0.25, 0.3) is 0 Å². The number of methoxy groups -OCH3 is 2. The molecule has 1 aliphatic rings. The van der Waals surface area contributed by atoms with Gasteiger partial charge >= 0.3 is 11.9 Å². The number of rotatable bonds is 4. The third-order valence-corrected chi connectivity index (χ3v) is 3.38. The number of carbonyl (C=O) groups is 2. The quantitative estimate of drug-likeness (QED) is 0.690. The summed E-state index contributed by atoms with van der Waals surface area (Å²) in [6.07, 6.45) is 5.16. The molecule has 1 rings (SSSR count). The van der Waals surface area contributed by atoms with Crippen LogP contribution in [-0.2, 0) is 19.1 Å². The maximum atomic E-state index is 11.2. The average Bonchev–Trinajstić information content (AvgIpc) is 2.31. The molecule has 0 spiro atoms. The Labute approximate surface area is 96.3 Å². The largest absolute Gasteiger partial charge is 0.469 e. The fraction of sp³-hybridized carbons (Fsp3) is 0.833. The van der Waals surface area contributed by atoms with Crippen molar-refractivity contribution in [3.8, 4) is 0 Å². The number of hydrogen-bond acceptors (Lipinski definition) is 4.